The predicted molar refractivity (Wildman–Crippen MR) is 85.3 cm³/mol. The van der Waals surface area contributed by atoms with E-state index in [9.17, 15) is 0 Å². The van der Waals surface area contributed by atoms with Gasteiger partial charge in [0.05, 0.1) is 11.1 Å². The van der Waals surface area contributed by atoms with Gasteiger partial charge in [0.2, 0.25) is 0 Å². The molecular formula is C16H24BrNO2. The van der Waals surface area contributed by atoms with Gasteiger partial charge in [-0.25, -0.2) is 0 Å². The Morgan fingerprint density at radius 3 is 2.75 bits per heavy atom. The number of benzene rings is 1. The molecule has 1 N–H and O–H groups in total. The van der Waals surface area contributed by atoms with Gasteiger partial charge in [-0.2, -0.15) is 0 Å². The first-order valence-corrected chi connectivity index (χ1v) is 8.22. The van der Waals surface area contributed by atoms with Crippen LogP contribution in [0.3, 0.4) is 0 Å². The lowest BCUT2D eigenvalue weighted by molar-refractivity contribution is 0.0546. The molecule has 1 atom stereocenters. The maximum absolute atomic E-state index is 5.71. The van der Waals surface area contributed by atoms with E-state index in [1.807, 2.05) is 7.05 Å². The van der Waals surface area contributed by atoms with Crippen LogP contribution in [0.2, 0.25) is 0 Å². The van der Waals surface area contributed by atoms with E-state index < -0.39 is 0 Å². The Balaban J connectivity index is 2.11. The monoisotopic (exact) mass is 341 g/mol. The second kappa shape index (κ2) is 8.01. The minimum absolute atomic E-state index is 0.385. The zero-order valence-electron chi connectivity index (χ0n) is 12.3. The summed E-state index contributed by atoms with van der Waals surface area (Å²) in [5.74, 6) is 1.57. The Morgan fingerprint density at radius 2 is 2.15 bits per heavy atom. The summed E-state index contributed by atoms with van der Waals surface area (Å²) in [7, 11) is 2.04. The molecule has 1 unspecified atom stereocenters. The van der Waals surface area contributed by atoms with Crippen LogP contribution >= 0.6 is 15.9 Å². The summed E-state index contributed by atoms with van der Waals surface area (Å²) in [6.45, 7) is 4.63. The molecule has 20 heavy (non-hydrogen) atoms. The smallest absolute Gasteiger partial charge is 0.133 e. The number of rotatable bonds is 6. The van der Waals surface area contributed by atoms with Crippen molar-refractivity contribution in [1.29, 1.82) is 0 Å². The molecule has 0 saturated carbocycles. The van der Waals surface area contributed by atoms with E-state index in [1.165, 1.54) is 5.56 Å². The Kier molecular flexibility index (Phi) is 6.33. The number of nitrogens with one attached hydrogen (secondary N) is 1. The number of halogens is 1. The first kappa shape index (κ1) is 15.8. The summed E-state index contributed by atoms with van der Waals surface area (Å²) in [6.07, 6.45) is 3.27. The quantitative estimate of drug-likeness (QED) is 0.850. The number of ether oxygens (including phenoxy) is 2. The van der Waals surface area contributed by atoms with E-state index in [2.05, 4.69) is 46.4 Å². The van der Waals surface area contributed by atoms with E-state index in [-0.39, 0.29) is 0 Å². The van der Waals surface area contributed by atoms with E-state index in [4.69, 9.17) is 9.47 Å². The fraction of sp³-hybridized carbons (Fsp3) is 0.625. The van der Waals surface area contributed by atoms with E-state index >= 15 is 0 Å². The zero-order chi connectivity index (χ0) is 14.4. The van der Waals surface area contributed by atoms with Crippen LogP contribution in [0.4, 0.5) is 0 Å². The molecule has 1 aliphatic rings. The van der Waals surface area contributed by atoms with Gasteiger partial charge in [-0.15, -0.1) is 0 Å². The van der Waals surface area contributed by atoms with Gasteiger partial charge < -0.3 is 14.8 Å². The summed E-state index contributed by atoms with van der Waals surface area (Å²) in [4.78, 5) is 0. The summed E-state index contributed by atoms with van der Waals surface area (Å²) in [5, 5.41) is 3.46. The molecule has 1 saturated heterocycles. The third kappa shape index (κ3) is 3.96. The van der Waals surface area contributed by atoms with Crippen LogP contribution in [0.5, 0.6) is 5.75 Å². The van der Waals surface area contributed by atoms with Crippen LogP contribution in [-0.4, -0.2) is 26.9 Å². The largest absolute Gasteiger partial charge is 0.492 e. The van der Waals surface area contributed by atoms with Crippen LogP contribution in [0.1, 0.15) is 37.8 Å². The van der Waals surface area contributed by atoms with E-state index in [1.54, 1.807) is 0 Å². The van der Waals surface area contributed by atoms with E-state index in [0.717, 1.165) is 49.3 Å². The second-order valence-corrected chi connectivity index (χ2v) is 6.11. The first-order valence-electron chi connectivity index (χ1n) is 7.43. The highest BCUT2D eigenvalue weighted by Gasteiger charge is 2.24. The highest BCUT2D eigenvalue weighted by Crippen LogP contribution is 2.34. The maximum Gasteiger partial charge on any atom is 0.133 e. The molecule has 0 aromatic heterocycles. The summed E-state index contributed by atoms with van der Waals surface area (Å²) in [5.41, 5.74) is 1.31. The van der Waals surface area contributed by atoms with Crippen molar-refractivity contribution in [3.05, 3.63) is 28.2 Å². The van der Waals surface area contributed by atoms with Gasteiger partial charge >= 0.3 is 0 Å². The van der Waals surface area contributed by atoms with Crippen molar-refractivity contribution in [3.8, 4) is 5.75 Å². The molecule has 0 spiro atoms. The molecule has 4 heteroatoms. The molecule has 0 amide bonds. The number of hydrogen-bond acceptors (Lipinski definition) is 3. The molecule has 1 aliphatic heterocycles. The molecule has 0 bridgehead atoms. The first-order chi connectivity index (χ1) is 9.76. The van der Waals surface area contributed by atoms with Gasteiger partial charge in [0.25, 0.3) is 0 Å². The third-order valence-corrected chi connectivity index (χ3v) is 4.44. The highest BCUT2D eigenvalue weighted by molar-refractivity contribution is 9.10. The van der Waals surface area contributed by atoms with E-state index in [0.29, 0.717) is 12.0 Å². The zero-order valence-corrected chi connectivity index (χ0v) is 13.9. The SMILES string of the molecule is CCCOc1ccc(C(NC)C2CCOCC2)cc1Br. The van der Waals surface area contributed by atoms with Crippen LogP contribution in [0.15, 0.2) is 22.7 Å². The lowest BCUT2D eigenvalue weighted by atomic mass is 9.87. The highest BCUT2D eigenvalue weighted by atomic mass is 79.9. The normalized spacial score (nSPS) is 17.9. The van der Waals surface area contributed by atoms with Crippen molar-refractivity contribution < 1.29 is 9.47 Å². The minimum Gasteiger partial charge on any atom is -0.492 e. The van der Waals surface area contributed by atoms with Gasteiger partial charge in [0.15, 0.2) is 0 Å². The molecule has 1 heterocycles. The molecule has 3 nitrogen and oxygen atoms in total. The summed E-state index contributed by atoms with van der Waals surface area (Å²) < 4.78 is 12.2. The summed E-state index contributed by atoms with van der Waals surface area (Å²) >= 11 is 3.62. The van der Waals surface area contributed by atoms with Gasteiger partial charge in [-0.3, -0.25) is 0 Å². The Bertz CT molecular complexity index is 419. The van der Waals surface area contributed by atoms with Crippen LogP contribution in [0, 0.1) is 5.92 Å². The van der Waals surface area contributed by atoms with Crippen molar-refractivity contribution in [1.82, 2.24) is 5.32 Å². The molecule has 0 radical (unpaired) electrons. The lowest BCUT2D eigenvalue weighted by Crippen LogP contribution is -2.30. The standard InChI is InChI=1S/C16H24BrNO2/c1-3-8-20-15-5-4-13(11-14(15)17)16(18-2)12-6-9-19-10-7-12/h4-5,11-12,16,18H,3,6-10H2,1-2H3. The summed E-state index contributed by atoms with van der Waals surface area (Å²) in [6, 6.07) is 6.81. The van der Waals surface area contributed by atoms with Gasteiger partial charge in [0.1, 0.15) is 5.75 Å². The lowest BCUT2D eigenvalue weighted by Gasteiger charge is -2.30. The molecule has 1 aromatic rings. The molecule has 0 aliphatic carbocycles. The molecule has 112 valence electrons. The van der Waals surface area contributed by atoms with Gasteiger partial charge in [0, 0.05) is 19.3 Å². The van der Waals surface area contributed by atoms with Crippen molar-refractivity contribution in [2.24, 2.45) is 5.92 Å². The van der Waals surface area contributed by atoms with Crippen molar-refractivity contribution in [3.63, 3.8) is 0 Å². The van der Waals surface area contributed by atoms with Crippen LogP contribution < -0.4 is 10.1 Å². The fourth-order valence-corrected chi connectivity index (χ4v) is 3.27. The molecule has 1 fully saturated rings. The Morgan fingerprint density at radius 1 is 1.40 bits per heavy atom. The number of hydrogen-bond donors (Lipinski definition) is 1. The average Bonchev–Trinajstić information content (AvgIpc) is 2.48. The Labute approximate surface area is 130 Å². The maximum atomic E-state index is 5.71. The minimum atomic E-state index is 0.385. The topological polar surface area (TPSA) is 30.5 Å². The van der Waals surface area contributed by atoms with Gasteiger partial charge in [-0.1, -0.05) is 13.0 Å². The fourth-order valence-electron chi connectivity index (χ4n) is 2.76. The van der Waals surface area contributed by atoms with Crippen LogP contribution in [0.25, 0.3) is 0 Å². The van der Waals surface area contributed by atoms with Crippen molar-refractivity contribution in [2.45, 2.75) is 32.2 Å². The third-order valence-electron chi connectivity index (χ3n) is 3.83. The van der Waals surface area contributed by atoms with Crippen LogP contribution in [-0.2, 0) is 4.74 Å². The second-order valence-electron chi connectivity index (χ2n) is 5.25. The Hall–Kier alpha value is -0.580. The molecular weight excluding hydrogens is 318 g/mol. The molecule has 1 aromatic carbocycles. The van der Waals surface area contributed by atoms with Gasteiger partial charge in [-0.05, 0) is 65.9 Å². The van der Waals surface area contributed by atoms with Crippen molar-refractivity contribution >= 4 is 15.9 Å². The molecule has 2 rings (SSSR count). The average molecular weight is 342 g/mol. The predicted octanol–water partition coefficient (Wildman–Crippen LogP) is 3.93. The van der Waals surface area contributed by atoms with Crippen molar-refractivity contribution in [2.75, 3.05) is 26.9 Å².